The van der Waals surface area contributed by atoms with Gasteiger partial charge in [-0.15, -0.1) is 0 Å². The lowest BCUT2D eigenvalue weighted by molar-refractivity contribution is -0.0325. The fraction of sp³-hybridized carbons (Fsp3) is 0.875. The van der Waals surface area contributed by atoms with Crippen molar-refractivity contribution in [2.24, 2.45) is 28.9 Å². The molecule has 4 fully saturated rings. The van der Waals surface area contributed by atoms with Crippen LogP contribution >= 0.6 is 0 Å². The molecular weight excluding hydrogens is 206 g/mol. The van der Waals surface area contributed by atoms with Gasteiger partial charge in [-0.3, -0.25) is 0 Å². The highest BCUT2D eigenvalue weighted by atomic mass is 14.6. The van der Waals surface area contributed by atoms with E-state index in [1.165, 1.54) is 38.5 Å². The quantitative estimate of drug-likeness (QED) is 0.735. The topological polar surface area (TPSA) is 26.0 Å². The minimum atomic E-state index is 0.590. The Labute approximate surface area is 106 Å². The summed E-state index contributed by atoms with van der Waals surface area (Å²) in [5, 5.41) is 0. The second-order valence-electron chi connectivity index (χ2n) is 7.22. The molecule has 0 aliphatic heterocycles. The SMILES string of the molecule is CC(C)=C(CCN)C12CC3CC(CC(C3)C1)C2. The molecule has 1 heteroatoms. The summed E-state index contributed by atoms with van der Waals surface area (Å²) in [6.07, 6.45) is 10.2. The van der Waals surface area contributed by atoms with Crippen LogP contribution in [0, 0.1) is 23.2 Å². The number of allylic oxidation sites excluding steroid dienone is 1. The van der Waals surface area contributed by atoms with Crippen molar-refractivity contribution in [3.8, 4) is 0 Å². The van der Waals surface area contributed by atoms with E-state index in [9.17, 15) is 0 Å². The van der Waals surface area contributed by atoms with Crippen LogP contribution in [-0.4, -0.2) is 6.54 Å². The van der Waals surface area contributed by atoms with Crippen molar-refractivity contribution in [3.63, 3.8) is 0 Å². The van der Waals surface area contributed by atoms with Crippen molar-refractivity contribution in [2.45, 2.75) is 58.8 Å². The van der Waals surface area contributed by atoms with Gasteiger partial charge in [0.1, 0.15) is 0 Å². The normalized spacial score (nSPS) is 42.9. The molecule has 0 aromatic heterocycles. The molecule has 2 N–H and O–H groups in total. The van der Waals surface area contributed by atoms with Crippen molar-refractivity contribution in [1.82, 2.24) is 0 Å². The van der Waals surface area contributed by atoms with Gasteiger partial charge >= 0.3 is 0 Å². The summed E-state index contributed by atoms with van der Waals surface area (Å²) in [4.78, 5) is 0. The molecule has 4 rings (SSSR count). The molecule has 0 unspecified atom stereocenters. The van der Waals surface area contributed by atoms with E-state index in [-0.39, 0.29) is 0 Å². The zero-order valence-electron chi connectivity index (χ0n) is 11.5. The molecule has 0 aromatic carbocycles. The second kappa shape index (κ2) is 4.12. The van der Waals surface area contributed by atoms with Crippen LogP contribution in [0.1, 0.15) is 58.8 Å². The van der Waals surface area contributed by atoms with E-state index in [4.69, 9.17) is 5.73 Å². The molecule has 0 spiro atoms. The Morgan fingerprint density at radius 3 is 1.82 bits per heavy atom. The molecule has 0 radical (unpaired) electrons. The lowest BCUT2D eigenvalue weighted by atomic mass is 9.47. The summed E-state index contributed by atoms with van der Waals surface area (Å²) in [6, 6.07) is 0. The maximum Gasteiger partial charge on any atom is -0.00396 e. The molecule has 4 bridgehead atoms. The van der Waals surface area contributed by atoms with E-state index in [2.05, 4.69) is 13.8 Å². The zero-order chi connectivity index (χ0) is 12.0. The monoisotopic (exact) mass is 233 g/mol. The molecule has 4 aliphatic carbocycles. The van der Waals surface area contributed by atoms with Gasteiger partial charge in [0.05, 0.1) is 0 Å². The van der Waals surface area contributed by atoms with Gasteiger partial charge in [0.25, 0.3) is 0 Å². The molecule has 0 amide bonds. The Kier molecular flexibility index (Phi) is 2.85. The maximum atomic E-state index is 5.85. The van der Waals surface area contributed by atoms with E-state index in [1.54, 1.807) is 11.1 Å². The van der Waals surface area contributed by atoms with Crippen molar-refractivity contribution in [3.05, 3.63) is 11.1 Å². The van der Waals surface area contributed by atoms with E-state index in [0.29, 0.717) is 5.41 Å². The van der Waals surface area contributed by atoms with Gasteiger partial charge in [-0.05, 0) is 88.5 Å². The van der Waals surface area contributed by atoms with Crippen LogP contribution in [0.25, 0.3) is 0 Å². The van der Waals surface area contributed by atoms with Crippen LogP contribution in [-0.2, 0) is 0 Å². The van der Waals surface area contributed by atoms with E-state index in [1.807, 2.05) is 0 Å². The third-order valence-corrected chi connectivity index (χ3v) is 5.68. The van der Waals surface area contributed by atoms with Crippen molar-refractivity contribution >= 4 is 0 Å². The largest absolute Gasteiger partial charge is 0.330 e. The van der Waals surface area contributed by atoms with Gasteiger partial charge in [-0.25, -0.2) is 0 Å². The Bertz CT molecular complexity index is 300. The van der Waals surface area contributed by atoms with Crippen molar-refractivity contribution in [1.29, 1.82) is 0 Å². The number of hydrogen-bond acceptors (Lipinski definition) is 1. The predicted molar refractivity (Wildman–Crippen MR) is 72.7 cm³/mol. The van der Waals surface area contributed by atoms with Crippen LogP contribution < -0.4 is 5.73 Å². The predicted octanol–water partition coefficient (Wildman–Crippen LogP) is 3.89. The summed E-state index contributed by atoms with van der Waals surface area (Å²) in [7, 11) is 0. The first kappa shape index (κ1) is 11.8. The van der Waals surface area contributed by atoms with Gasteiger partial charge in [0, 0.05) is 0 Å². The van der Waals surface area contributed by atoms with E-state index >= 15 is 0 Å². The summed E-state index contributed by atoms with van der Waals surface area (Å²) in [6.45, 7) is 5.45. The van der Waals surface area contributed by atoms with Gasteiger partial charge in [-0.2, -0.15) is 0 Å². The molecule has 0 aromatic rings. The highest BCUT2D eigenvalue weighted by molar-refractivity contribution is 5.24. The minimum absolute atomic E-state index is 0.590. The van der Waals surface area contributed by atoms with Crippen molar-refractivity contribution < 1.29 is 0 Å². The lowest BCUT2D eigenvalue weighted by Crippen LogP contribution is -2.47. The molecule has 0 heterocycles. The molecule has 4 saturated carbocycles. The first-order valence-electron chi connectivity index (χ1n) is 7.50. The molecular formula is C16H27N. The summed E-state index contributed by atoms with van der Waals surface area (Å²) >= 11 is 0. The molecule has 0 saturated heterocycles. The van der Waals surface area contributed by atoms with Crippen LogP contribution in [0.15, 0.2) is 11.1 Å². The average Bonchev–Trinajstić information content (AvgIpc) is 2.23. The highest BCUT2D eigenvalue weighted by Crippen LogP contribution is 2.63. The smallest absolute Gasteiger partial charge is 0.00396 e. The Morgan fingerprint density at radius 1 is 1.00 bits per heavy atom. The number of hydrogen-bond donors (Lipinski definition) is 1. The first-order chi connectivity index (χ1) is 8.13. The maximum absolute atomic E-state index is 5.85. The van der Waals surface area contributed by atoms with Crippen LogP contribution in [0.2, 0.25) is 0 Å². The van der Waals surface area contributed by atoms with Gasteiger partial charge in [0.15, 0.2) is 0 Å². The fourth-order valence-corrected chi connectivity index (χ4v) is 5.67. The zero-order valence-corrected chi connectivity index (χ0v) is 11.5. The Morgan fingerprint density at radius 2 is 1.47 bits per heavy atom. The van der Waals surface area contributed by atoms with Crippen molar-refractivity contribution in [2.75, 3.05) is 6.54 Å². The van der Waals surface area contributed by atoms with Crippen LogP contribution in [0.3, 0.4) is 0 Å². The number of rotatable bonds is 3. The third-order valence-electron chi connectivity index (χ3n) is 5.68. The van der Waals surface area contributed by atoms with E-state index < -0.39 is 0 Å². The van der Waals surface area contributed by atoms with Gasteiger partial charge in [-0.1, -0.05) is 11.1 Å². The van der Waals surface area contributed by atoms with Crippen LogP contribution in [0.4, 0.5) is 0 Å². The lowest BCUT2D eigenvalue weighted by Gasteiger charge is -2.58. The first-order valence-corrected chi connectivity index (χ1v) is 7.50. The molecule has 4 aliphatic rings. The Balaban J connectivity index is 1.93. The van der Waals surface area contributed by atoms with E-state index in [0.717, 1.165) is 30.7 Å². The number of nitrogens with two attached hydrogens (primary N) is 1. The molecule has 96 valence electrons. The fourth-order valence-electron chi connectivity index (χ4n) is 5.67. The average molecular weight is 233 g/mol. The van der Waals surface area contributed by atoms with Gasteiger partial charge < -0.3 is 5.73 Å². The molecule has 17 heavy (non-hydrogen) atoms. The molecule has 0 atom stereocenters. The summed E-state index contributed by atoms with van der Waals surface area (Å²) < 4.78 is 0. The third kappa shape index (κ3) is 1.87. The Hall–Kier alpha value is -0.300. The molecule has 1 nitrogen and oxygen atoms in total. The highest BCUT2D eigenvalue weighted by Gasteiger charge is 2.52. The second-order valence-corrected chi connectivity index (χ2v) is 7.22. The van der Waals surface area contributed by atoms with Gasteiger partial charge in [0.2, 0.25) is 0 Å². The van der Waals surface area contributed by atoms with Crippen LogP contribution in [0.5, 0.6) is 0 Å². The summed E-state index contributed by atoms with van der Waals surface area (Å²) in [5.74, 6) is 3.15. The minimum Gasteiger partial charge on any atom is -0.330 e. The standard InChI is InChI=1S/C16H27N/c1-11(2)15(3-4-17)16-8-12-5-13(9-16)7-14(6-12)10-16/h12-14H,3-10,17H2,1-2H3. The summed E-state index contributed by atoms with van der Waals surface area (Å²) in [5.41, 5.74) is 9.76.